The molecule has 0 bridgehead atoms. The molecule has 3 unspecified atom stereocenters. The lowest BCUT2D eigenvalue weighted by molar-refractivity contribution is -0.0318. The molecule has 0 radical (unpaired) electrons. The maximum atomic E-state index is 10.1. The van der Waals surface area contributed by atoms with Crippen LogP contribution in [0.1, 0.15) is 71.6 Å². The summed E-state index contributed by atoms with van der Waals surface area (Å²) in [6.45, 7) is 4.35. The van der Waals surface area contributed by atoms with E-state index in [0.717, 1.165) is 12.3 Å². The summed E-state index contributed by atoms with van der Waals surface area (Å²) in [4.78, 5) is 2.24. The van der Waals surface area contributed by atoms with Crippen LogP contribution >= 0.6 is 0 Å². The Morgan fingerprint density at radius 2 is 1.76 bits per heavy atom. The Labute approximate surface area is 107 Å². The van der Waals surface area contributed by atoms with Crippen LogP contribution in [-0.4, -0.2) is 29.3 Å². The standard InChI is InChI=1S/C15H31NO/c1-4-10-13-11-8-6-7-9-12-14(13)16(3)15(17)5-2/h13-15,17H,4-12H2,1-3H3. The van der Waals surface area contributed by atoms with Crippen LogP contribution in [0.15, 0.2) is 0 Å². The van der Waals surface area contributed by atoms with Gasteiger partial charge in [-0.1, -0.05) is 46.0 Å². The summed E-state index contributed by atoms with van der Waals surface area (Å²) in [5, 5.41) is 10.1. The SMILES string of the molecule is CCCC1CCCCCCC1N(C)C(O)CC. The van der Waals surface area contributed by atoms with E-state index < -0.39 is 0 Å². The summed E-state index contributed by atoms with van der Waals surface area (Å²) in [6.07, 6.45) is 11.3. The lowest BCUT2D eigenvalue weighted by Crippen LogP contribution is -2.44. The Kier molecular flexibility index (Phi) is 7.14. The highest BCUT2D eigenvalue weighted by molar-refractivity contribution is 4.80. The molecule has 0 amide bonds. The lowest BCUT2D eigenvalue weighted by atomic mass is 9.83. The third-order valence-corrected chi connectivity index (χ3v) is 4.39. The van der Waals surface area contributed by atoms with Crippen molar-refractivity contribution in [1.82, 2.24) is 4.90 Å². The first-order valence-corrected chi connectivity index (χ1v) is 7.60. The van der Waals surface area contributed by atoms with Crippen LogP contribution in [-0.2, 0) is 0 Å². The average Bonchev–Trinajstić information content (AvgIpc) is 2.31. The maximum Gasteiger partial charge on any atom is 0.107 e. The zero-order chi connectivity index (χ0) is 12.7. The topological polar surface area (TPSA) is 23.5 Å². The van der Waals surface area contributed by atoms with Crippen LogP contribution in [0.4, 0.5) is 0 Å². The number of rotatable bonds is 5. The van der Waals surface area contributed by atoms with Crippen molar-refractivity contribution in [3.05, 3.63) is 0 Å². The maximum absolute atomic E-state index is 10.1. The van der Waals surface area contributed by atoms with E-state index in [2.05, 4.69) is 25.8 Å². The monoisotopic (exact) mass is 241 g/mol. The quantitative estimate of drug-likeness (QED) is 0.740. The Hall–Kier alpha value is -0.0800. The molecule has 0 spiro atoms. The molecule has 102 valence electrons. The van der Waals surface area contributed by atoms with E-state index in [4.69, 9.17) is 0 Å². The summed E-state index contributed by atoms with van der Waals surface area (Å²) in [5.41, 5.74) is 0. The fourth-order valence-corrected chi connectivity index (χ4v) is 3.29. The van der Waals surface area contributed by atoms with Crippen molar-refractivity contribution in [3.63, 3.8) is 0 Å². The van der Waals surface area contributed by atoms with Crippen molar-refractivity contribution in [3.8, 4) is 0 Å². The summed E-state index contributed by atoms with van der Waals surface area (Å²) in [6, 6.07) is 0.602. The highest BCUT2D eigenvalue weighted by Crippen LogP contribution is 2.30. The molecule has 1 aliphatic rings. The van der Waals surface area contributed by atoms with Crippen LogP contribution in [0.3, 0.4) is 0 Å². The van der Waals surface area contributed by atoms with Gasteiger partial charge in [-0.25, -0.2) is 0 Å². The molecule has 0 saturated heterocycles. The molecule has 1 N–H and O–H groups in total. The van der Waals surface area contributed by atoms with Gasteiger partial charge in [0.05, 0.1) is 0 Å². The van der Waals surface area contributed by atoms with Gasteiger partial charge in [-0.3, -0.25) is 4.90 Å². The molecule has 2 heteroatoms. The molecule has 1 rings (SSSR count). The fraction of sp³-hybridized carbons (Fsp3) is 1.00. The molecule has 2 nitrogen and oxygen atoms in total. The smallest absolute Gasteiger partial charge is 0.107 e. The fourth-order valence-electron chi connectivity index (χ4n) is 3.29. The van der Waals surface area contributed by atoms with E-state index in [-0.39, 0.29) is 6.23 Å². The Morgan fingerprint density at radius 3 is 2.35 bits per heavy atom. The van der Waals surface area contributed by atoms with Gasteiger partial charge >= 0.3 is 0 Å². The Morgan fingerprint density at radius 1 is 1.12 bits per heavy atom. The predicted octanol–water partition coefficient (Wildman–Crippen LogP) is 3.79. The van der Waals surface area contributed by atoms with Crippen LogP contribution < -0.4 is 0 Å². The van der Waals surface area contributed by atoms with Crippen molar-refractivity contribution in [2.24, 2.45) is 5.92 Å². The molecule has 1 aliphatic carbocycles. The summed E-state index contributed by atoms with van der Waals surface area (Å²) in [7, 11) is 2.11. The Balaban J connectivity index is 2.64. The number of aliphatic hydroxyl groups is 1. The van der Waals surface area contributed by atoms with Gasteiger partial charge in [-0.05, 0) is 38.6 Å². The second-order valence-corrected chi connectivity index (χ2v) is 5.66. The van der Waals surface area contributed by atoms with E-state index >= 15 is 0 Å². The van der Waals surface area contributed by atoms with Gasteiger partial charge in [0.15, 0.2) is 0 Å². The highest BCUT2D eigenvalue weighted by atomic mass is 16.3. The highest BCUT2D eigenvalue weighted by Gasteiger charge is 2.28. The van der Waals surface area contributed by atoms with E-state index in [1.165, 1.54) is 51.4 Å². The van der Waals surface area contributed by atoms with Gasteiger partial charge in [-0.2, -0.15) is 0 Å². The predicted molar refractivity (Wildman–Crippen MR) is 73.9 cm³/mol. The van der Waals surface area contributed by atoms with Gasteiger partial charge in [0.25, 0.3) is 0 Å². The molecule has 0 heterocycles. The van der Waals surface area contributed by atoms with Gasteiger partial charge < -0.3 is 5.11 Å². The van der Waals surface area contributed by atoms with Crippen molar-refractivity contribution >= 4 is 0 Å². The molecular formula is C15H31NO. The molecule has 0 aromatic rings. The molecular weight excluding hydrogens is 210 g/mol. The lowest BCUT2D eigenvalue weighted by Gasteiger charge is -2.38. The molecule has 0 aromatic heterocycles. The largest absolute Gasteiger partial charge is 0.378 e. The third-order valence-electron chi connectivity index (χ3n) is 4.39. The van der Waals surface area contributed by atoms with Crippen molar-refractivity contribution < 1.29 is 5.11 Å². The minimum absolute atomic E-state index is 0.251. The first kappa shape index (κ1) is 15.0. The summed E-state index contributed by atoms with van der Waals surface area (Å²) >= 11 is 0. The molecule has 3 atom stereocenters. The zero-order valence-corrected chi connectivity index (χ0v) is 12.0. The molecule has 1 saturated carbocycles. The number of hydrogen-bond donors (Lipinski definition) is 1. The first-order chi connectivity index (χ1) is 8.20. The number of hydrogen-bond acceptors (Lipinski definition) is 2. The minimum Gasteiger partial charge on any atom is -0.378 e. The van der Waals surface area contributed by atoms with E-state index in [1.54, 1.807) is 0 Å². The molecule has 1 fully saturated rings. The third kappa shape index (κ3) is 4.59. The second kappa shape index (κ2) is 8.10. The van der Waals surface area contributed by atoms with Crippen LogP contribution in [0, 0.1) is 5.92 Å². The van der Waals surface area contributed by atoms with Crippen molar-refractivity contribution in [2.75, 3.05) is 7.05 Å². The van der Waals surface area contributed by atoms with Crippen LogP contribution in [0.25, 0.3) is 0 Å². The molecule has 17 heavy (non-hydrogen) atoms. The van der Waals surface area contributed by atoms with Crippen molar-refractivity contribution in [2.45, 2.75) is 83.9 Å². The number of nitrogens with zero attached hydrogens (tertiary/aromatic N) is 1. The van der Waals surface area contributed by atoms with Gasteiger partial charge in [0.2, 0.25) is 0 Å². The Bertz CT molecular complexity index is 195. The second-order valence-electron chi connectivity index (χ2n) is 5.66. The van der Waals surface area contributed by atoms with Crippen LogP contribution in [0.2, 0.25) is 0 Å². The summed E-state index contributed by atoms with van der Waals surface area (Å²) in [5.74, 6) is 0.798. The molecule has 0 aromatic carbocycles. The normalized spacial score (nSPS) is 28.8. The van der Waals surface area contributed by atoms with Gasteiger partial charge in [0.1, 0.15) is 6.23 Å². The van der Waals surface area contributed by atoms with E-state index in [9.17, 15) is 5.11 Å². The van der Waals surface area contributed by atoms with E-state index in [0.29, 0.717) is 6.04 Å². The van der Waals surface area contributed by atoms with Crippen LogP contribution in [0.5, 0.6) is 0 Å². The first-order valence-electron chi connectivity index (χ1n) is 7.60. The van der Waals surface area contributed by atoms with Crippen molar-refractivity contribution in [1.29, 1.82) is 0 Å². The molecule has 0 aliphatic heterocycles. The minimum atomic E-state index is -0.251. The summed E-state index contributed by atoms with van der Waals surface area (Å²) < 4.78 is 0. The average molecular weight is 241 g/mol. The number of aliphatic hydroxyl groups excluding tert-OH is 1. The van der Waals surface area contributed by atoms with Gasteiger partial charge in [-0.15, -0.1) is 0 Å². The van der Waals surface area contributed by atoms with E-state index in [1.807, 2.05) is 0 Å². The van der Waals surface area contributed by atoms with Gasteiger partial charge in [0, 0.05) is 6.04 Å². The zero-order valence-electron chi connectivity index (χ0n) is 12.0.